The molecule has 1 aliphatic rings. The molecule has 22 heavy (non-hydrogen) atoms. The Morgan fingerprint density at radius 1 is 1.23 bits per heavy atom. The molecule has 1 aliphatic heterocycles. The summed E-state index contributed by atoms with van der Waals surface area (Å²) in [5.41, 5.74) is 1.91. The van der Waals surface area contributed by atoms with E-state index in [4.69, 9.17) is 16.3 Å². The molecule has 3 rings (SSSR count). The normalized spacial score (nSPS) is 14.1. The Labute approximate surface area is 139 Å². The molecule has 1 amide bonds. The van der Waals surface area contributed by atoms with Crippen LogP contribution in [-0.2, 0) is 17.8 Å². The maximum Gasteiger partial charge on any atom is 0.410 e. The van der Waals surface area contributed by atoms with Crippen LogP contribution in [-0.4, -0.2) is 16.6 Å². The van der Waals surface area contributed by atoms with Crippen molar-refractivity contribution in [3.63, 3.8) is 0 Å². The van der Waals surface area contributed by atoms with E-state index in [9.17, 15) is 4.79 Å². The first kappa shape index (κ1) is 15.4. The van der Waals surface area contributed by atoms with E-state index in [1.165, 1.54) is 15.3 Å². The molecule has 0 unspecified atom stereocenters. The highest BCUT2D eigenvalue weighted by molar-refractivity contribution is 7.15. The van der Waals surface area contributed by atoms with Crippen LogP contribution >= 0.6 is 22.9 Å². The minimum Gasteiger partial charge on any atom is -0.444 e. The molecular formula is C17H18ClNO2S. The molecule has 3 nitrogen and oxygen atoms in total. The summed E-state index contributed by atoms with van der Waals surface area (Å²) in [6.45, 7) is 6.90. The Morgan fingerprint density at radius 2 is 1.91 bits per heavy atom. The Balaban J connectivity index is 1.73. The van der Waals surface area contributed by atoms with E-state index < -0.39 is 5.60 Å². The Morgan fingerprint density at radius 3 is 2.50 bits per heavy atom. The summed E-state index contributed by atoms with van der Waals surface area (Å²) in [7, 11) is 0. The van der Waals surface area contributed by atoms with Crippen LogP contribution in [0.15, 0.2) is 30.3 Å². The van der Waals surface area contributed by atoms with Crippen molar-refractivity contribution in [2.45, 2.75) is 39.5 Å². The van der Waals surface area contributed by atoms with Crippen LogP contribution in [0.1, 0.15) is 31.2 Å². The van der Waals surface area contributed by atoms with Gasteiger partial charge in [-0.2, -0.15) is 0 Å². The molecule has 0 saturated carbocycles. The molecule has 0 radical (unpaired) electrons. The topological polar surface area (TPSA) is 29.5 Å². The molecule has 1 aromatic heterocycles. The molecular weight excluding hydrogens is 318 g/mol. The highest BCUT2D eigenvalue weighted by Gasteiger charge is 2.29. The molecule has 0 saturated heterocycles. The SMILES string of the molecule is CC(C)(C)OC(=O)N1Cc2cc(-c3ccc(Cl)cc3)sc2C1. The second-order valence-electron chi connectivity index (χ2n) is 6.40. The lowest BCUT2D eigenvalue weighted by Crippen LogP contribution is -2.33. The standard InChI is InChI=1S/C17H18ClNO2S/c1-17(2,3)21-16(20)19-9-12-8-14(22-15(12)10-19)11-4-6-13(18)7-5-11/h4-8H,9-10H2,1-3H3. The van der Waals surface area contributed by atoms with E-state index in [-0.39, 0.29) is 6.09 Å². The van der Waals surface area contributed by atoms with E-state index in [0.717, 1.165) is 10.6 Å². The zero-order chi connectivity index (χ0) is 15.9. The second kappa shape index (κ2) is 5.60. The number of hydrogen-bond donors (Lipinski definition) is 0. The van der Waals surface area contributed by atoms with Gasteiger partial charge in [-0.25, -0.2) is 4.79 Å². The number of benzene rings is 1. The quantitative estimate of drug-likeness (QED) is 0.706. The molecule has 116 valence electrons. The third-order valence-corrected chi connectivity index (χ3v) is 4.84. The number of fused-ring (bicyclic) bond motifs is 1. The van der Waals surface area contributed by atoms with Crippen molar-refractivity contribution in [2.24, 2.45) is 0 Å². The van der Waals surface area contributed by atoms with Crippen molar-refractivity contribution in [1.82, 2.24) is 4.90 Å². The minimum atomic E-state index is -0.457. The predicted octanol–water partition coefficient (Wildman–Crippen LogP) is 5.32. The van der Waals surface area contributed by atoms with Gasteiger partial charge in [0.2, 0.25) is 0 Å². The fourth-order valence-corrected chi connectivity index (χ4v) is 3.70. The van der Waals surface area contributed by atoms with Gasteiger partial charge in [0.25, 0.3) is 0 Å². The summed E-state index contributed by atoms with van der Waals surface area (Å²) in [4.78, 5) is 16.3. The molecule has 0 fully saturated rings. The molecule has 1 aromatic carbocycles. The van der Waals surface area contributed by atoms with Crippen LogP contribution in [0.25, 0.3) is 10.4 Å². The average molecular weight is 336 g/mol. The molecule has 0 aliphatic carbocycles. The van der Waals surface area contributed by atoms with E-state index in [0.29, 0.717) is 13.1 Å². The van der Waals surface area contributed by atoms with Gasteiger partial charge in [-0.1, -0.05) is 23.7 Å². The second-order valence-corrected chi connectivity index (χ2v) is 7.98. The molecule has 0 N–H and O–H groups in total. The first-order valence-electron chi connectivity index (χ1n) is 7.17. The number of carbonyl (C=O) groups is 1. The summed E-state index contributed by atoms with van der Waals surface area (Å²) in [5, 5.41) is 0.740. The smallest absolute Gasteiger partial charge is 0.410 e. The van der Waals surface area contributed by atoms with Gasteiger partial charge in [-0.05, 0) is 50.1 Å². The highest BCUT2D eigenvalue weighted by Crippen LogP contribution is 2.37. The van der Waals surface area contributed by atoms with Gasteiger partial charge in [0.05, 0.1) is 13.1 Å². The van der Waals surface area contributed by atoms with Gasteiger partial charge in [0.15, 0.2) is 0 Å². The van der Waals surface area contributed by atoms with Crippen LogP contribution in [0.2, 0.25) is 5.02 Å². The van der Waals surface area contributed by atoms with Crippen LogP contribution in [0, 0.1) is 0 Å². The van der Waals surface area contributed by atoms with Gasteiger partial charge in [0.1, 0.15) is 5.60 Å². The number of nitrogens with zero attached hydrogens (tertiary/aromatic N) is 1. The van der Waals surface area contributed by atoms with Crippen LogP contribution in [0.3, 0.4) is 0 Å². The predicted molar refractivity (Wildman–Crippen MR) is 90.2 cm³/mol. The van der Waals surface area contributed by atoms with E-state index in [1.54, 1.807) is 16.2 Å². The van der Waals surface area contributed by atoms with Crippen LogP contribution < -0.4 is 0 Å². The molecule has 2 heterocycles. The van der Waals surface area contributed by atoms with E-state index >= 15 is 0 Å². The Kier molecular flexibility index (Phi) is 3.91. The van der Waals surface area contributed by atoms with Crippen LogP contribution in [0.5, 0.6) is 0 Å². The number of rotatable bonds is 1. The minimum absolute atomic E-state index is 0.246. The fourth-order valence-electron chi connectivity index (χ4n) is 2.38. The molecule has 2 aromatic rings. The van der Waals surface area contributed by atoms with Gasteiger partial charge in [-0.15, -0.1) is 11.3 Å². The third kappa shape index (κ3) is 3.28. The monoisotopic (exact) mass is 335 g/mol. The zero-order valence-corrected chi connectivity index (χ0v) is 14.4. The highest BCUT2D eigenvalue weighted by atomic mass is 35.5. The van der Waals surface area contributed by atoms with Gasteiger partial charge in [0, 0.05) is 14.8 Å². The summed E-state index contributed by atoms with van der Waals surface area (Å²) in [6, 6.07) is 10.0. The number of amides is 1. The number of carbonyl (C=O) groups excluding carboxylic acids is 1. The molecule has 5 heteroatoms. The lowest BCUT2D eigenvalue weighted by Gasteiger charge is -2.24. The lowest BCUT2D eigenvalue weighted by atomic mass is 10.1. The van der Waals surface area contributed by atoms with Gasteiger partial charge in [-0.3, -0.25) is 4.90 Å². The fraction of sp³-hybridized carbons (Fsp3) is 0.353. The largest absolute Gasteiger partial charge is 0.444 e. The Bertz CT molecular complexity index is 677. The Hall–Kier alpha value is -1.52. The summed E-state index contributed by atoms with van der Waals surface area (Å²) in [5.74, 6) is 0. The third-order valence-electron chi connectivity index (χ3n) is 3.37. The summed E-state index contributed by atoms with van der Waals surface area (Å²) >= 11 is 7.65. The number of thiophene rings is 1. The van der Waals surface area contributed by atoms with Gasteiger partial charge >= 0.3 is 6.09 Å². The molecule has 0 atom stereocenters. The average Bonchev–Trinajstić information content (AvgIpc) is 2.95. The molecule has 0 spiro atoms. The van der Waals surface area contributed by atoms with Gasteiger partial charge < -0.3 is 4.74 Å². The van der Waals surface area contributed by atoms with Crippen molar-refractivity contribution in [3.05, 3.63) is 45.8 Å². The summed E-state index contributed by atoms with van der Waals surface area (Å²) < 4.78 is 5.43. The number of hydrogen-bond acceptors (Lipinski definition) is 3. The van der Waals surface area contributed by atoms with E-state index in [1.807, 2.05) is 45.0 Å². The van der Waals surface area contributed by atoms with Crippen molar-refractivity contribution < 1.29 is 9.53 Å². The van der Waals surface area contributed by atoms with Crippen molar-refractivity contribution in [1.29, 1.82) is 0 Å². The number of halogens is 1. The maximum absolute atomic E-state index is 12.1. The first-order valence-corrected chi connectivity index (χ1v) is 8.37. The van der Waals surface area contributed by atoms with Crippen molar-refractivity contribution in [2.75, 3.05) is 0 Å². The van der Waals surface area contributed by atoms with E-state index in [2.05, 4.69) is 6.07 Å². The maximum atomic E-state index is 12.1. The summed E-state index contributed by atoms with van der Waals surface area (Å²) in [6.07, 6.45) is -0.246. The molecule has 0 bridgehead atoms. The first-order chi connectivity index (χ1) is 10.3. The van der Waals surface area contributed by atoms with Crippen LogP contribution in [0.4, 0.5) is 4.79 Å². The number of ether oxygens (including phenoxy) is 1. The van der Waals surface area contributed by atoms with Crippen molar-refractivity contribution in [3.8, 4) is 10.4 Å². The lowest BCUT2D eigenvalue weighted by molar-refractivity contribution is 0.0242. The van der Waals surface area contributed by atoms with Crippen molar-refractivity contribution >= 4 is 29.0 Å². The zero-order valence-electron chi connectivity index (χ0n) is 12.9.